The number of hydrogen-bond acceptors (Lipinski definition) is 3. The summed E-state index contributed by atoms with van der Waals surface area (Å²) in [5.74, 6) is 0. The first-order valence-corrected chi connectivity index (χ1v) is 10.2. The number of amides is 1. The molecule has 1 aliphatic rings. The summed E-state index contributed by atoms with van der Waals surface area (Å²) in [5, 5.41) is 0. The Morgan fingerprint density at radius 3 is 2.18 bits per heavy atom. The largest absolute Gasteiger partial charge is 0.444 e. The van der Waals surface area contributed by atoms with Gasteiger partial charge in [0, 0.05) is 32.2 Å². The van der Waals surface area contributed by atoms with Gasteiger partial charge in [-0.05, 0) is 44.7 Å². The molecule has 0 spiro atoms. The zero-order chi connectivity index (χ0) is 20.0. The molecule has 4 nitrogen and oxygen atoms in total. The highest BCUT2D eigenvalue weighted by Crippen LogP contribution is 2.21. The van der Waals surface area contributed by atoms with Crippen LogP contribution in [0.1, 0.15) is 38.3 Å². The number of aryl methyl sites for hydroxylation is 1. The lowest BCUT2D eigenvalue weighted by Gasteiger charge is -2.42. The number of nitrogens with zero attached hydrogens (tertiary/aromatic N) is 2. The number of carbonyl (C=O) groups is 1. The van der Waals surface area contributed by atoms with Crippen LogP contribution in [-0.2, 0) is 17.7 Å². The zero-order valence-corrected chi connectivity index (χ0v) is 17.3. The van der Waals surface area contributed by atoms with Gasteiger partial charge in [0.05, 0.1) is 0 Å². The predicted molar refractivity (Wildman–Crippen MR) is 113 cm³/mol. The number of carbonyl (C=O) groups excluding carboxylic acids is 1. The molecule has 4 heteroatoms. The molecule has 1 fully saturated rings. The van der Waals surface area contributed by atoms with Gasteiger partial charge in [-0.3, -0.25) is 4.90 Å². The van der Waals surface area contributed by atoms with E-state index in [1.54, 1.807) is 0 Å². The number of ether oxygens (including phenoxy) is 1. The fourth-order valence-corrected chi connectivity index (χ4v) is 3.69. The third-order valence-corrected chi connectivity index (χ3v) is 5.05. The summed E-state index contributed by atoms with van der Waals surface area (Å²) in [7, 11) is 0. The fraction of sp³-hybridized carbons (Fsp3) is 0.458. The lowest BCUT2D eigenvalue weighted by atomic mass is 10.0. The van der Waals surface area contributed by atoms with E-state index in [0.717, 1.165) is 32.5 Å². The van der Waals surface area contributed by atoms with Crippen molar-refractivity contribution >= 4 is 6.09 Å². The third kappa shape index (κ3) is 6.10. The Balaban J connectivity index is 1.67. The molecule has 0 saturated carbocycles. The minimum absolute atomic E-state index is 0.160. The number of rotatable bonds is 5. The van der Waals surface area contributed by atoms with Crippen LogP contribution in [0.3, 0.4) is 0 Å². The van der Waals surface area contributed by atoms with Crippen molar-refractivity contribution < 1.29 is 9.53 Å². The van der Waals surface area contributed by atoms with Gasteiger partial charge in [-0.2, -0.15) is 0 Å². The van der Waals surface area contributed by atoms with Crippen molar-refractivity contribution in [3.05, 3.63) is 71.8 Å². The molecule has 0 N–H and O–H groups in total. The summed E-state index contributed by atoms with van der Waals surface area (Å²) in [6.45, 7) is 9.16. The molecule has 1 heterocycles. The molecule has 0 aliphatic carbocycles. The molecule has 3 rings (SSSR count). The van der Waals surface area contributed by atoms with Crippen molar-refractivity contribution in [3.8, 4) is 0 Å². The van der Waals surface area contributed by atoms with Gasteiger partial charge in [-0.25, -0.2) is 4.79 Å². The molecule has 0 radical (unpaired) electrons. The molecule has 1 atom stereocenters. The van der Waals surface area contributed by atoms with E-state index in [2.05, 4.69) is 53.4 Å². The lowest BCUT2D eigenvalue weighted by molar-refractivity contribution is -0.00372. The van der Waals surface area contributed by atoms with Gasteiger partial charge in [-0.1, -0.05) is 60.7 Å². The lowest BCUT2D eigenvalue weighted by Crippen LogP contribution is -2.55. The van der Waals surface area contributed by atoms with Gasteiger partial charge in [0.1, 0.15) is 5.60 Å². The minimum Gasteiger partial charge on any atom is -0.444 e. The molecule has 0 unspecified atom stereocenters. The van der Waals surface area contributed by atoms with Gasteiger partial charge < -0.3 is 9.64 Å². The van der Waals surface area contributed by atoms with Crippen LogP contribution in [0.15, 0.2) is 60.7 Å². The van der Waals surface area contributed by atoms with E-state index >= 15 is 0 Å². The second-order valence-corrected chi connectivity index (χ2v) is 8.57. The number of hydrogen-bond donors (Lipinski definition) is 0. The van der Waals surface area contributed by atoms with E-state index in [-0.39, 0.29) is 12.1 Å². The smallest absolute Gasteiger partial charge is 0.410 e. The normalized spacial score (nSPS) is 18.1. The molecular weight excluding hydrogens is 348 g/mol. The Bertz CT molecular complexity index is 740. The molecule has 28 heavy (non-hydrogen) atoms. The van der Waals surface area contributed by atoms with Crippen LogP contribution in [0.25, 0.3) is 0 Å². The van der Waals surface area contributed by atoms with Gasteiger partial charge >= 0.3 is 6.09 Å². The van der Waals surface area contributed by atoms with Crippen molar-refractivity contribution in [1.29, 1.82) is 0 Å². The monoisotopic (exact) mass is 380 g/mol. The maximum Gasteiger partial charge on any atom is 0.410 e. The predicted octanol–water partition coefficient (Wildman–Crippen LogP) is 4.74. The second kappa shape index (κ2) is 9.24. The molecular formula is C24H32N2O2. The van der Waals surface area contributed by atoms with Crippen molar-refractivity contribution in [3.63, 3.8) is 0 Å². The van der Waals surface area contributed by atoms with Crippen molar-refractivity contribution in [2.24, 2.45) is 0 Å². The minimum atomic E-state index is -0.470. The summed E-state index contributed by atoms with van der Waals surface area (Å²) in [5.41, 5.74) is 2.16. The molecule has 0 bridgehead atoms. The summed E-state index contributed by atoms with van der Waals surface area (Å²) in [4.78, 5) is 17.2. The molecule has 2 aromatic rings. The average molecular weight is 381 g/mol. The van der Waals surface area contributed by atoms with Crippen LogP contribution in [0, 0.1) is 0 Å². The fourth-order valence-electron chi connectivity index (χ4n) is 3.69. The Hall–Kier alpha value is -2.33. The van der Waals surface area contributed by atoms with Crippen LogP contribution in [0.2, 0.25) is 0 Å². The number of piperazine rings is 1. The van der Waals surface area contributed by atoms with E-state index < -0.39 is 5.60 Å². The summed E-state index contributed by atoms with van der Waals surface area (Å²) >= 11 is 0. The van der Waals surface area contributed by atoms with Gasteiger partial charge in [0.25, 0.3) is 0 Å². The van der Waals surface area contributed by atoms with E-state index in [4.69, 9.17) is 4.74 Å². The SMILES string of the molecule is CC(C)(C)OC(=O)N1CCN(Cc2ccccc2)C[C@H]1CCc1ccccc1. The van der Waals surface area contributed by atoms with E-state index in [0.29, 0.717) is 6.54 Å². The van der Waals surface area contributed by atoms with Crippen LogP contribution in [-0.4, -0.2) is 47.2 Å². The van der Waals surface area contributed by atoms with Crippen LogP contribution in [0.5, 0.6) is 0 Å². The highest BCUT2D eigenvalue weighted by Gasteiger charge is 2.33. The maximum absolute atomic E-state index is 12.8. The average Bonchev–Trinajstić information content (AvgIpc) is 2.67. The third-order valence-electron chi connectivity index (χ3n) is 5.05. The molecule has 0 aromatic heterocycles. The van der Waals surface area contributed by atoms with E-state index in [1.807, 2.05) is 37.8 Å². The molecule has 150 valence electrons. The maximum atomic E-state index is 12.8. The van der Waals surface area contributed by atoms with Crippen LogP contribution in [0.4, 0.5) is 4.79 Å². The van der Waals surface area contributed by atoms with Gasteiger partial charge in [0.15, 0.2) is 0 Å². The first-order valence-electron chi connectivity index (χ1n) is 10.2. The van der Waals surface area contributed by atoms with Gasteiger partial charge in [0.2, 0.25) is 0 Å². The van der Waals surface area contributed by atoms with Crippen molar-refractivity contribution in [2.75, 3.05) is 19.6 Å². The van der Waals surface area contributed by atoms with E-state index in [9.17, 15) is 4.79 Å². The molecule has 2 aromatic carbocycles. The first kappa shape index (κ1) is 20.4. The standard InChI is InChI=1S/C24H32N2O2/c1-24(2,3)28-23(27)26-17-16-25(18-21-12-8-5-9-13-21)19-22(26)15-14-20-10-6-4-7-11-20/h4-13,22H,14-19H2,1-3H3/t22-/m1/s1. The van der Waals surface area contributed by atoms with Crippen LogP contribution >= 0.6 is 0 Å². The Morgan fingerprint density at radius 1 is 0.964 bits per heavy atom. The molecule has 1 saturated heterocycles. The zero-order valence-electron chi connectivity index (χ0n) is 17.3. The quantitative estimate of drug-likeness (QED) is 0.751. The van der Waals surface area contributed by atoms with Crippen molar-refractivity contribution in [2.45, 2.75) is 51.8 Å². The van der Waals surface area contributed by atoms with Crippen LogP contribution < -0.4 is 0 Å². The van der Waals surface area contributed by atoms with E-state index in [1.165, 1.54) is 11.1 Å². The first-order chi connectivity index (χ1) is 13.4. The summed E-state index contributed by atoms with van der Waals surface area (Å²) in [6.07, 6.45) is 1.71. The second-order valence-electron chi connectivity index (χ2n) is 8.57. The Kier molecular flexibility index (Phi) is 6.74. The summed E-state index contributed by atoms with van der Waals surface area (Å²) in [6, 6.07) is 21.2. The summed E-state index contributed by atoms with van der Waals surface area (Å²) < 4.78 is 5.68. The molecule has 1 amide bonds. The van der Waals surface area contributed by atoms with Gasteiger partial charge in [-0.15, -0.1) is 0 Å². The Labute approximate surface area is 169 Å². The molecule has 1 aliphatic heterocycles. The number of benzene rings is 2. The topological polar surface area (TPSA) is 32.8 Å². The highest BCUT2D eigenvalue weighted by atomic mass is 16.6. The highest BCUT2D eigenvalue weighted by molar-refractivity contribution is 5.68. The van der Waals surface area contributed by atoms with Crippen molar-refractivity contribution in [1.82, 2.24) is 9.80 Å². The Morgan fingerprint density at radius 2 is 1.57 bits per heavy atom.